The van der Waals surface area contributed by atoms with E-state index in [9.17, 15) is 9.59 Å². The Bertz CT molecular complexity index is 761. The first-order valence-corrected chi connectivity index (χ1v) is 8.01. The van der Waals surface area contributed by atoms with Gasteiger partial charge in [0.1, 0.15) is 11.5 Å². The van der Waals surface area contributed by atoms with E-state index in [0.717, 1.165) is 0 Å². The van der Waals surface area contributed by atoms with Gasteiger partial charge in [0, 0.05) is 14.1 Å². The van der Waals surface area contributed by atoms with Crippen molar-refractivity contribution in [1.82, 2.24) is 4.90 Å². The molecule has 1 atom stereocenters. The zero-order valence-corrected chi connectivity index (χ0v) is 14.2. The summed E-state index contributed by atoms with van der Waals surface area (Å²) in [5, 5.41) is 0. The van der Waals surface area contributed by atoms with Gasteiger partial charge in [0.2, 0.25) is 0 Å². The number of hydrogen-bond acceptors (Lipinski definition) is 4. The maximum Gasteiger partial charge on any atom is 0.265 e. The lowest BCUT2D eigenvalue weighted by molar-refractivity contribution is -0.136. The van der Waals surface area contributed by atoms with Crippen LogP contribution >= 0.6 is 0 Å². The number of rotatable bonds is 4. The summed E-state index contributed by atoms with van der Waals surface area (Å²) in [6, 6.07) is 16.3. The number of para-hydroxylation sites is 3. The predicted molar refractivity (Wildman–Crippen MR) is 93.8 cm³/mol. The summed E-state index contributed by atoms with van der Waals surface area (Å²) in [6.07, 6.45) is -0.731. The van der Waals surface area contributed by atoms with Crippen LogP contribution in [-0.2, 0) is 9.59 Å². The molecule has 0 bridgehead atoms. The Morgan fingerprint density at radius 2 is 1.80 bits per heavy atom. The summed E-state index contributed by atoms with van der Waals surface area (Å²) in [4.78, 5) is 28.0. The molecule has 130 valence electrons. The van der Waals surface area contributed by atoms with Gasteiger partial charge in [0.25, 0.3) is 11.8 Å². The number of amides is 2. The lowest BCUT2D eigenvalue weighted by Crippen LogP contribution is -2.51. The van der Waals surface area contributed by atoms with Gasteiger partial charge in [-0.25, -0.2) is 0 Å². The van der Waals surface area contributed by atoms with Gasteiger partial charge < -0.3 is 19.3 Å². The minimum absolute atomic E-state index is 0.110. The van der Waals surface area contributed by atoms with E-state index < -0.39 is 6.10 Å². The molecule has 1 aliphatic heterocycles. The number of carbonyl (C=O) groups excluding carboxylic acids is 2. The van der Waals surface area contributed by atoms with Crippen molar-refractivity contribution in [3.8, 4) is 11.5 Å². The molecule has 0 unspecified atom stereocenters. The van der Waals surface area contributed by atoms with E-state index in [2.05, 4.69) is 0 Å². The lowest BCUT2D eigenvalue weighted by Gasteiger charge is -2.35. The van der Waals surface area contributed by atoms with Crippen molar-refractivity contribution in [2.75, 3.05) is 32.1 Å². The molecular formula is C19H20N2O4. The summed E-state index contributed by atoms with van der Waals surface area (Å²) in [5.74, 6) is 0.729. The van der Waals surface area contributed by atoms with Gasteiger partial charge in [-0.3, -0.25) is 9.59 Å². The third-order valence-electron chi connectivity index (χ3n) is 3.90. The average Bonchev–Trinajstić information content (AvgIpc) is 2.65. The monoisotopic (exact) mass is 340 g/mol. The van der Waals surface area contributed by atoms with Crippen molar-refractivity contribution in [3.05, 3.63) is 54.6 Å². The highest BCUT2D eigenvalue weighted by molar-refractivity contribution is 5.98. The molecule has 0 saturated carbocycles. The van der Waals surface area contributed by atoms with Crippen LogP contribution in [0.2, 0.25) is 0 Å². The summed E-state index contributed by atoms with van der Waals surface area (Å²) in [7, 11) is 3.33. The van der Waals surface area contributed by atoms with Gasteiger partial charge in [0.15, 0.2) is 12.7 Å². The molecule has 0 radical (unpaired) electrons. The van der Waals surface area contributed by atoms with E-state index in [4.69, 9.17) is 9.47 Å². The topological polar surface area (TPSA) is 59.1 Å². The molecule has 6 heteroatoms. The second-order valence-electron chi connectivity index (χ2n) is 5.91. The maximum atomic E-state index is 12.7. The molecule has 0 aromatic heterocycles. The molecular weight excluding hydrogens is 320 g/mol. The van der Waals surface area contributed by atoms with Crippen molar-refractivity contribution >= 4 is 17.5 Å². The molecule has 25 heavy (non-hydrogen) atoms. The number of ether oxygens (including phenoxy) is 2. The van der Waals surface area contributed by atoms with Gasteiger partial charge in [-0.05, 0) is 24.3 Å². The van der Waals surface area contributed by atoms with E-state index in [-0.39, 0.29) is 25.0 Å². The van der Waals surface area contributed by atoms with Crippen molar-refractivity contribution in [3.63, 3.8) is 0 Å². The molecule has 1 aliphatic rings. The normalized spacial score (nSPS) is 15.8. The van der Waals surface area contributed by atoms with Crippen LogP contribution in [0.1, 0.15) is 0 Å². The molecule has 6 nitrogen and oxygen atoms in total. The van der Waals surface area contributed by atoms with Gasteiger partial charge in [-0.15, -0.1) is 0 Å². The number of fused-ring (bicyclic) bond motifs is 1. The smallest absolute Gasteiger partial charge is 0.265 e. The summed E-state index contributed by atoms with van der Waals surface area (Å²) < 4.78 is 11.3. The van der Waals surface area contributed by atoms with Crippen LogP contribution in [0.5, 0.6) is 11.5 Å². The van der Waals surface area contributed by atoms with Crippen molar-refractivity contribution < 1.29 is 19.1 Å². The second-order valence-corrected chi connectivity index (χ2v) is 5.91. The Morgan fingerprint density at radius 1 is 1.12 bits per heavy atom. The fourth-order valence-electron chi connectivity index (χ4n) is 2.63. The first-order valence-electron chi connectivity index (χ1n) is 8.01. The Hall–Kier alpha value is -3.02. The zero-order chi connectivity index (χ0) is 17.8. The molecule has 0 N–H and O–H groups in total. The molecule has 3 rings (SSSR count). The van der Waals surface area contributed by atoms with Gasteiger partial charge >= 0.3 is 0 Å². The number of anilines is 1. The highest BCUT2D eigenvalue weighted by Crippen LogP contribution is 2.33. The van der Waals surface area contributed by atoms with Crippen LogP contribution in [-0.4, -0.2) is 50.1 Å². The molecule has 0 aliphatic carbocycles. The van der Waals surface area contributed by atoms with Gasteiger partial charge in [-0.2, -0.15) is 0 Å². The quantitative estimate of drug-likeness (QED) is 0.854. The number of carbonyl (C=O) groups is 2. The van der Waals surface area contributed by atoms with Crippen LogP contribution in [0.25, 0.3) is 0 Å². The van der Waals surface area contributed by atoms with E-state index >= 15 is 0 Å². The van der Waals surface area contributed by atoms with E-state index in [1.165, 1.54) is 4.90 Å². The highest BCUT2D eigenvalue weighted by atomic mass is 16.5. The highest BCUT2D eigenvalue weighted by Gasteiger charge is 2.34. The fraction of sp³-hybridized carbons (Fsp3) is 0.263. The summed E-state index contributed by atoms with van der Waals surface area (Å²) in [6.45, 7) is 0.0478. The molecule has 0 saturated heterocycles. The van der Waals surface area contributed by atoms with Crippen LogP contribution < -0.4 is 14.4 Å². The van der Waals surface area contributed by atoms with E-state index in [1.807, 2.05) is 30.3 Å². The van der Waals surface area contributed by atoms with Crippen LogP contribution in [0.4, 0.5) is 5.69 Å². The van der Waals surface area contributed by atoms with Gasteiger partial charge in [0.05, 0.1) is 12.2 Å². The third-order valence-corrected chi connectivity index (χ3v) is 3.90. The fourth-order valence-corrected chi connectivity index (χ4v) is 2.63. The third kappa shape index (κ3) is 3.74. The Balaban J connectivity index is 1.78. The second kappa shape index (κ2) is 7.25. The maximum absolute atomic E-state index is 12.7. The summed E-state index contributed by atoms with van der Waals surface area (Å²) in [5.41, 5.74) is 0.645. The SMILES string of the molecule is CN(C)C(=O)[C@H]1CN(C(=O)COc2ccccc2)c2ccccc2O1. The molecule has 2 aromatic rings. The molecule has 0 fully saturated rings. The van der Waals surface area contributed by atoms with Crippen LogP contribution in [0, 0.1) is 0 Å². The van der Waals surface area contributed by atoms with E-state index in [1.54, 1.807) is 43.3 Å². The van der Waals surface area contributed by atoms with E-state index in [0.29, 0.717) is 17.2 Å². The number of likely N-dealkylation sites (N-methyl/N-ethyl adjacent to an activating group) is 1. The molecule has 2 aromatic carbocycles. The van der Waals surface area contributed by atoms with Crippen molar-refractivity contribution in [2.45, 2.75) is 6.10 Å². The summed E-state index contributed by atoms with van der Waals surface area (Å²) >= 11 is 0. The Morgan fingerprint density at radius 3 is 2.52 bits per heavy atom. The minimum atomic E-state index is -0.731. The minimum Gasteiger partial charge on any atom is -0.484 e. The predicted octanol–water partition coefficient (Wildman–Crippen LogP) is 1.95. The van der Waals surface area contributed by atoms with Crippen molar-refractivity contribution in [1.29, 1.82) is 0 Å². The lowest BCUT2D eigenvalue weighted by atomic mass is 10.1. The molecule has 1 heterocycles. The first kappa shape index (κ1) is 16.8. The van der Waals surface area contributed by atoms with Gasteiger partial charge in [-0.1, -0.05) is 30.3 Å². The largest absolute Gasteiger partial charge is 0.484 e. The number of benzene rings is 2. The van der Waals surface area contributed by atoms with Crippen LogP contribution in [0.3, 0.4) is 0 Å². The zero-order valence-electron chi connectivity index (χ0n) is 14.2. The molecule has 2 amide bonds. The number of nitrogens with zero attached hydrogens (tertiary/aromatic N) is 2. The first-order chi connectivity index (χ1) is 12.1. The average molecular weight is 340 g/mol. The number of hydrogen-bond donors (Lipinski definition) is 0. The Labute approximate surface area is 146 Å². The van der Waals surface area contributed by atoms with Crippen LogP contribution in [0.15, 0.2) is 54.6 Å². The standard InChI is InChI=1S/C19H20N2O4/c1-20(2)19(23)17-12-21(15-10-6-7-11-16(15)25-17)18(22)13-24-14-8-4-3-5-9-14/h3-11,17H,12-13H2,1-2H3/t17-/m1/s1. The Kier molecular flexibility index (Phi) is 4.88. The molecule has 0 spiro atoms. The van der Waals surface area contributed by atoms with Crippen molar-refractivity contribution in [2.24, 2.45) is 0 Å².